The minimum Gasteiger partial charge on any atom is -0.462 e. The van der Waals surface area contributed by atoms with E-state index in [-0.39, 0.29) is 5.97 Å². The second kappa shape index (κ2) is 22.5. The predicted octanol–water partition coefficient (Wildman–Crippen LogP) is 7.51. The van der Waals surface area contributed by atoms with E-state index in [1.54, 1.807) is 13.0 Å². The molecule has 0 aromatic heterocycles. The van der Waals surface area contributed by atoms with Crippen molar-refractivity contribution in [1.29, 1.82) is 0 Å². The summed E-state index contributed by atoms with van der Waals surface area (Å²) in [6.07, 6.45) is 25.3. The minimum absolute atomic E-state index is 0.170. The van der Waals surface area contributed by atoms with Crippen LogP contribution in [-0.4, -0.2) is 24.3 Å². The molecule has 0 unspecified atom stereocenters. The summed E-state index contributed by atoms with van der Waals surface area (Å²) in [7, 11) is 0. The van der Waals surface area contributed by atoms with Crippen molar-refractivity contribution in [2.24, 2.45) is 0 Å². The van der Waals surface area contributed by atoms with Gasteiger partial charge in [-0.3, -0.25) is 0 Å². The predicted molar refractivity (Wildman–Crippen MR) is 121 cm³/mol. The van der Waals surface area contributed by atoms with E-state index in [0.717, 1.165) is 12.8 Å². The number of ether oxygens (including phenoxy) is 1. The maximum absolute atomic E-state index is 11.5. The molecule has 0 saturated heterocycles. The van der Waals surface area contributed by atoms with Gasteiger partial charge in [0.2, 0.25) is 0 Å². The number of esters is 1. The molecule has 0 bridgehead atoms. The Bertz CT molecular complexity index is 363. The molecule has 1 N–H and O–H groups in total. The Balaban J connectivity index is 3.10. The number of carbonyl (C=O) groups is 1. The minimum atomic E-state index is -0.170. The molecule has 166 valence electrons. The van der Waals surface area contributed by atoms with E-state index in [4.69, 9.17) is 9.84 Å². The third-order valence-corrected chi connectivity index (χ3v) is 5.54. The van der Waals surface area contributed by atoms with Gasteiger partial charge < -0.3 is 9.84 Å². The van der Waals surface area contributed by atoms with Crippen LogP contribution in [0.4, 0.5) is 0 Å². The molecule has 0 aliphatic heterocycles. The molecule has 0 radical (unpaired) electrons. The van der Waals surface area contributed by atoms with Crippen molar-refractivity contribution in [3.05, 3.63) is 11.6 Å². The fraction of sp³-hybridized carbons (Fsp3) is 0.880. The lowest BCUT2D eigenvalue weighted by Gasteiger charge is -2.05. The van der Waals surface area contributed by atoms with E-state index in [1.807, 2.05) is 6.92 Å². The van der Waals surface area contributed by atoms with Gasteiger partial charge in [-0.15, -0.1) is 0 Å². The molecule has 0 heterocycles. The maximum Gasteiger partial charge on any atom is 0.333 e. The molecule has 3 nitrogen and oxygen atoms in total. The number of rotatable bonds is 21. The summed E-state index contributed by atoms with van der Waals surface area (Å²) in [6.45, 7) is 4.58. The molecule has 0 atom stereocenters. The van der Waals surface area contributed by atoms with Crippen molar-refractivity contribution in [3.8, 4) is 0 Å². The number of allylic oxidation sites excluding steroid dienone is 1. The topological polar surface area (TPSA) is 46.5 Å². The molecule has 0 amide bonds. The van der Waals surface area contributed by atoms with Gasteiger partial charge in [-0.25, -0.2) is 4.79 Å². The lowest BCUT2D eigenvalue weighted by Crippen LogP contribution is -2.06. The Morgan fingerprint density at radius 2 is 0.964 bits per heavy atom. The molecular formula is C25H48O3. The summed E-state index contributed by atoms with van der Waals surface area (Å²) >= 11 is 0. The van der Waals surface area contributed by atoms with E-state index in [2.05, 4.69) is 0 Å². The summed E-state index contributed by atoms with van der Waals surface area (Å²) in [6, 6.07) is 0. The number of carbonyl (C=O) groups excluding carboxylic acids is 1. The Morgan fingerprint density at radius 1 is 0.643 bits per heavy atom. The van der Waals surface area contributed by atoms with Crippen LogP contribution in [0, 0.1) is 0 Å². The number of hydrogen-bond donors (Lipinski definition) is 1. The summed E-state index contributed by atoms with van der Waals surface area (Å²) < 4.78 is 5.21. The van der Waals surface area contributed by atoms with Gasteiger partial charge >= 0.3 is 5.97 Å². The quantitative estimate of drug-likeness (QED) is 0.124. The van der Waals surface area contributed by atoms with Crippen LogP contribution in [0.1, 0.15) is 129 Å². The Morgan fingerprint density at radius 3 is 1.29 bits per heavy atom. The zero-order chi connectivity index (χ0) is 20.7. The first-order valence-corrected chi connectivity index (χ1v) is 12.1. The van der Waals surface area contributed by atoms with Crippen LogP contribution < -0.4 is 0 Å². The summed E-state index contributed by atoms with van der Waals surface area (Å²) in [5.74, 6) is -0.170. The normalized spacial score (nSPS) is 11.8. The standard InChI is InChI=1S/C25H48O3/c1-3-24(2)25(27)28-23-21-19-17-15-13-11-9-7-5-4-6-8-10-12-14-16-18-20-22-26/h3,26H,4-23H2,1-2H3. The molecule has 0 spiro atoms. The van der Waals surface area contributed by atoms with Gasteiger partial charge in [-0.2, -0.15) is 0 Å². The number of aliphatic hydroxyl groups is 1. The summed E-state index contributed by atoms with van der Waals surface area (Å²) in [4.78, 5) is 11.5. The molecule has 3 heteroatoms. The Kier molecular flexibility index (Phi) is 21.8. The van der Waals surface area contributed by atoms with Crippen molar-refractivity contribution >= 4 is 5.97 Å². The monoisotopic (exact) mass is 396 g/mol. The highest BCUT2D eigenvalue weighted by Crippen LogP contribution is 2.14. The first kappa shape index (κ1) is 27.2. The van der Waals surface area contributed by atoms with Gasteiger partial charge in [0.15, 0.2) is 0 Å². The molecule has 0 fully saturated rings. The van der Waals surface area contributed by atoms with Crippen LogP contribution >= 0.6 is 0 Å². The third kappa shape index (κ3) is 19.9. The molecule has 0 aromatic rings. The SMILES string of the molecule is CC=C(C)C(=O)OCCCCCCCCCCCCCCCCCCCCO. The van der Waals surface area contributed by atoms with Gasteiger partial charge in [0.05, 0.1) is 6.61 Å². The van der Waals surface area contributed by atoms with Gasteiger partial charge in [-0.05, 0) is 26.7 Å². The van der Waals surface area contributed by atoms with Crippen LogP contribution in [0.15, 0.2) is 11.6 Å². The van der Waals surface area contributed by atoms with Crippen LogP contribution in [-0.2, 0) is 9.53 Å². The van der Waals surface area contributed by atoms with Crippen molar-refractivity contribution in [2.45, 2.75) is 129 Å². The fourth-order valence-electron chi connectivity index (χ4n) is 3.44. The van der Waals surface area contributed by atoms with Gasteiger partial charge in [0.25, 0.3) is 0 Å². The smallest absolute Gasteiger partial charge is 0.333 e. The van der Waals surface area contributed by atoms with Gasteiger partial charge in [-0.1, -0.05) is 109 Å². The average Bonchev–Trinajstić information content (AvgIpc) is 2.71. The summed E-state index contributed by atoms with van der Waals surface area (Å²) in [5.41, 5.74) is 0.699. The second-order valence-electron chi connectivity index (χ2n) is 8.20. The molecule has 0 saturated carbocycles. The largest absolute Gasteiger partial charge is 0.462 e. The van der Waals surface area contributed by atoms with Crippen LogP contribution in [0.5, 0.6) is 0 Å². The fourth-order valence-corrected chi connectivity index (χ4v) is 3.44. The van der Waals surface area contributed by atoms with E-state index in [9.17, 15) is 4.79 Å². The molecule has 28 heavy (non-hydrogen) atoms. The number of aliphatic hydroxyl groups excluding tert-OH is 1. The van der Waals surface area contributed by atoms with Crippen LogP contribution in [0.25, 0.3) is 0 Å². The molecule has 0 rings (SSSR count). The van der Waals surface area contributed by atoms with E-state index in [0.29, 0.717) is 18.8 Å². The van der Waals surface area contributed by atoms with Crippen LogP contribution in [0.2, 0.25) is 0 Å². The number of hydrogen-bond acceptors (Lipinski definition) is 3. The molecule has 0 aliphatic carbocycles. The zero-order valence-electron chi connectivity index (χ0n) is 19.0. The van der Waals surface area contributed by atoms with Gasteiger partial charge in [0, 0.05) is 12.2 Å². The first-order chi connectivity index (χ1) is 13.7. The molecular weight excluding hydrogens is 348 g/mol. The van der Waals surface area contributed by atoms with E-state index < -0.39 is 0 Å². The van der Waals surface area contributed by atoms with Crippen molar-refractivity contribution in [1.82, 2.24) is 0 Å². The Hall–Kier alpha value is -0.830. The highest BCUT2D eigenvalue weighted by atomic mass is 16.5. The van der Waals surface area contributed by atoms with Crippen molar-refractivity contribution in [3.63, 3.8) is 0 Å². The summed E-state index contributed by atoms with van der Waals surface area (Å²) in [5, 5.41) is 8.73. The van der Waals surface area contributed by atoms with Gasteiger partial charge in [0.1, 0.15) is 0 Å². The zero-order valence-corrected chi connectivity index (χ0v) is 19.0. The number of unbranched alkanes of at least 4 members (excludes halogenated alkanes) is 17. The highest BCUT2D eigenvalue weighted by molar-refractivity contribution is 5.87. The Labute approximate surface area is 175 Å². The van der Waals surface area contributed by atoms with E-state index in [1.165, 1.54) is 103 Å². The maximum atomic E-state index is 11.5. The molecule has 0 aliphatic rings. The van der Waals surface area contributed by atoms with Crippen molar-refractivity contribution < 1.29 is 14.6 Å². The first-order valence-electron chi connectivity index (χ1n) is 12.1. The lowest BCUT2D eigenvalue weighted by atomic mass is 10.0. The molecule has 0 aromatic carbocycles. The van der Waals surface area contributed by atoms with E-state index >= 15 is 0 Å². The average molecular weight is 397 g/mol. The lowest BCUT2D eigenvalue weighted by molar-refractivity contribution is -0.139. The third-order valence-electron chi connectivity index (χ3n) is 5.54. The highest BCUT2D eigenvalue weighted by Gasteiger charge is 2.03. The van der Waals surface area contributed by atoms with Crippen LogP contribution in [0.3, 0.4) is 0 Å². The van der Waals surface area contributed by atoms with Crippen molar-refractivity contribution in [2.75, 3.05) is 13.2 Å². The second-order valence-corrected chi connectivity index (χ2v) is 8.20.